The molecule has 0 spiro atoms. The highest BCUT2D eigenvalue weighted by Crippen LogP contribution is 2.16. The van der Waals surface area contributed by atoms with Crippen molar-refractivity contribution in [2.24, 2.45) is 0 Å². The third-order valence-corrected chi connectivity index (χ3v) is 4.36. The molecule has 2 N–H and O–H groups in total. The van der Waals surface area contributed by atoms with E-state index in [1.165, 1.54) is 44.9 Å². The Morgan fingerprint density at radius 2 is 1.88 bits per heavy atom. The second kappa shape index (κ2) is 11.8. The van der Waals surface area contributed by atoms with Gasteiger partial charge >= 0.3 is 0 Å². The van der Waals surface area contributed by atoms with Gasteiger partial charge in [-0.1, -0.05) is 25.7 Å². The predicted molar refractivity (Wildman–Crippen MR) is 105 cm³/mol. The minimum Gasteiger partial charge on any atom is -0.351 e. The van der Waals surface area contributed by atoms with Crippen molar-refractivity contribution in [1.29, 1.82) is 0 Å². The molecule has 1 fully saturated rings. The smallest absolute Gasteiger partial charge is 0.252 e. The summed E-state index contributed by atoms with van der Waals surface area (Å²) in [5.74, 6) is 0.536. The molecule has 0 aliphatic heterocycles. The maximum absolute atomic E-state index is 12.1. The number of nitrogens with zero attached hydrogens (tertiary/aromatic N) is 4. The number of carbonyl (C=O) groups is 1. The number of halogens is 2. The third kappa shape index (κ3) is 6.55. The van der Waals surface area contributed by atoms with Crippen LogP contribution in [0.15, 0.2) is 31.0 Å². The van der Waals surface area contributed by atoms with E-state index < -0.39 is 0 Å². The molecule has 3 rings (SSSR count). The average molecular weight is 401 g/mol. The number of rotatable bonds is 6. The van der Waals surface area contributed by atoms with Crippen LogP contribution >= 0.6 is 24.8 Å². The molecule has 144 valence electrons. The molecule has 2 aromatic heterocycles. The Hall–Kier alpha value is -1.70. The Morgan fingerprint density at radius 1 is 1.12 bits per heavy atom. The van der Waals surface area contributed by atoms with Crippen molar-refractivity contribution in [3.63, 3.8) is 0 Å². The SMILES string of the molecule is Cl.Cl.O=C(NCCNC1CCCCCC1)c1ccc(-n2cncn2)nc1. The second-order valence-electron chi connectivity index (χ2n) is 6.14. The van der Waals surface area contributed by atoms with Gasteiger partial charge in [0.2, 0.25) is 0 Å². The molecular formula is C17H26Cl2N6O. The summed E-state index contributed by atoms with van der Waals surface area (Å²) in [4.78, 5) is 20.2. The van der Waals surface area contributed by atoms with Crippen LogP contribution in [-0.2, 0) is 0 Å². The van der Waals surface area contributed by atoms with E-state index in [-0.39, 0.29) is 30.7 Å². The number of hydrogen-bond donors (Lipinski definition) is 2. The molecule has 0 unspecified atom stereocenters. The number of amides is 1. The van der Waals surface area contributed by atoms with Crippen molar-refractivity contribution in [2.75, 3.05) is 13.1 Å². The van der Waals surface area contributed by atoms with Crippen molar-refractivity contribution in [3.05, 3.63) is 36.5 Å². The van der Waals surface area contributed by atoms with Crippen LogP contribution in [0.4, 0.5) is 0 Å². The van der Waals surface area contributed by atoms with Gasteiger partial charge in [-0.05, 0) is 25.0 Å². The zero-order valence-corrected chi connectivity index (χ0v) is 16.3. The van der Waals surface area contributed by atoms with Gasteiger partial charge in [0, 0.05) is 25.3 Å². The number of aromatic nitrogens is 4. The Bertz CT molecular complexity index is 627. The molecule has 1 saturated carbocycles. The summed E-state index contributed by atoms with van der Waals surface area (Å²) in [6.45, 7) is 1.43. The fraction of sp³-hybridized carbons (Fsp3) is 0.529. The van der Waals surface area contributed by atoms with E-state index in [0.717, 1.165) is 6.54 Å². The highest BCUT2D eigenvalue weighted by Gasteiger charge is 2.11. The molecular weight excluding hydrogens is 375 g/mol. The van der Waals surface area contributed by atoms with E-state index >= 15 is 0 Å². The van der Waals surface area contributed by atoms with Crippen LogP contribution < -0.4 is 10.6 Å². The first-order valence-corrected chi connectivity index (χ1v) is 8.65. The molecule has 0 radical (unpaired) electrons. The van der Waals surface area contributed by atoms with E-state index in [1.807, 2.05) is 0 Å². The van der Waals surface area contributed by atoms with E-state index in [0.29, 0.717) is 24.0 Å². The van der Waals surface area contributed by atoms with Crippen LogP contribution in [0.2, 0.25) is 0 Å². The van der Waals surface area contributed by atoms with E-state index in [1.54, 1.807) is 29.3 Å². The van der Waals surface area contributed by atoms with Crippen molar-refractivity contribution in [3.8, 4) is 5.82 Å². The molecule has 0 atom stereocenters. The fourth-order valence-electron chi connectivity index (χ4n) is 3.02. The van der Waals surface area contributed by atoms with Gasteiger partial charge in [-0.15, -0.1) is 24.8 Å². The summed E-state index contributed by atoms with van der Waals surface area (Å²) in [6.07, 6.45) is 12.4. The van der Waals surface area contributed by atoms with Gasteiger partial charge in [0.15, 0.2) is 5.82 Å². The second-order valence-corrected chi connectivity index (χ2v) is 6.14. The molecule has 1 aliphatic carbocycles. The highest BCUT2D eigenvalue weighted by molar-refractivity contribution is 5.93. The van der Waals surface area contributed by atoms with Crippen molar-refractivity contribution >= 4 is 30.7 Å². The Morgan fingerprint density at radius 3 is 2.50 bits per heavy atom. The number of pyridine rings is 1. The molecule has 26 heavy (non-hydrogen) atoms. The molecule has 0 bridgehead atoms. The van der Waals surface area contributed by atoms with Gasteiger partial charge < -0.3 is 10.6 Å². The first-order valence-electron chi connectivity index (χ1n) is 8.65. The Kier molecular flexibility index (Phi) is 10.2. The first-order chi connectivity index (χ1) is 11.8. The molecule has 1 aliphatic rings. The molecule has 2 aromatic rings. The summed E-state index contributed by atoms with van der Waals surface area (Å²) in [7, 11) is 0. The predicted octanol–water partition coefficient (Wildman–Crippen LogP) is 2.55. The summed E-state index contributed by atoms with van der Waals surface area (Å²) >= 11 is 0. The maximum atomic E-state index is 12.1. The quantitative estimate of drug-likeness (QED) is 0.574. The van der Waals surface area contributed by atoms with Crippen LogP contribution in [0.1, 0.15) is 48.9 Å². The highest BCUT2D eigenvalue weighted by atomic mass is 35.5. The van der Waals surface area contributed by atoms with E-state index in [4.69, 9.17) is 0 Å². The summed E-state index contributed by atoms with van der Waals surface area (Å²) in [6, 6.07) is 4.11. The monoisotopic (exact) mass is 400 g/mol. The first kappa shape index (κ1) is 22.3. The van der Waals surface area contributed by atoms with E-state index in [2.05, 4.69) is 25.7 Å². The lowest BCUT2D eigenvalue weighted by Gasteiger charge is -2.16. The summed E-state index contributed by atoms with van der Waals surface area (Å²) in [5.41, 5.74) is 0.549. The zero-order valence-electron chi connectivity index (χ0n) is 14.6. The maximum Gasteiger partial charge on any atom is 0.252 e. The van der Waals surface area contributed by atoms with Gasteiger partial charge in [-0.2, -0.15) is 5.10 Å². The number of carbonyl (C=O) groups excluding carboxylic acids is 1. The molecule has 7 nitrogen and oxygen atoms in total. The number of nitrogens with one attached hydrogen (secondary N) is 2. The third-order valence-electron chi connectivity index (χ3n) is 4.36. The van der Waals surface area contributed by atoms with Crippen molar-refractivity contribution in [2.45, 2.75) is 44.6 Å². The minimum atomic E-state index is -0.102. The van der Waals surface area contributed by atoms with Crippen LogP contribution in [0.5, 0.6) is 0 Å². The lowest BCUT2D eigenvalue weighted by atomic mass is 10.1. The standard InChI is InChI=1S/C17H24N6O.2ClH/c24-17(20-10-9-19-15-5-3-1-2-4-6-15)14-7-8-16(21-11-14)23-13-18-12-22-23;;/h7-8,11-13,15,19H,1-6,9-10H2,(H,20,24);2*1H. The zero-order chi connectivity index (χ0) is 16.6. The molecule has 1 amide bonds. The Labute approximate surface area is 166 Å². The van der Waals surface area contributed by atoms with Gasteiger partial charge in [-0.25, -0.2) is 14.6 Å². The van der Waals surface area contributed by atoms with Crippen molar-refractivity contribution in [1.82, 2.24) is 30.4 Å². The van der Waals surface area contributed by atoms with Crippen LogP contribution in [0, 0.1) is 0 Å². The van der Waals surface area contributed by atoms with Crippen molar-refractivity contribution < 1.29 is 4.79 Å². The van der Waals surface area contributed by atoms with Crippen LogP contribution in [0.3, 0.4) is 0 Å². The van der Waals surface area contributed by atoms with Gasteiger partial charge in [0.1, 0.15) is 12.7 Å². The van der Waals surface area contributed by atoms with E-state index in [9.17, 15) is 4.79 Å². The average Bonchev–Trinajstić information content (AvgIpc) is 3.03. The normalized spacial score (nSPS) is 14.6. The fourth-order valence-corrected chi connectivity index (χ4v) is 3.02. The lowest BCUT2D eigenvalue weighted by molar-refractivity contribution is 0.0953. The molecule has 0 aromatic carbocycles. The summed E-state index contributed by atoms with van der Waals surface area (Å²) in [5, 5.41) is 10.5. The largest absolute Gasteiger partial charge is 0.351 e. The van der Waals surface area contributed by atoms with Crippen LogP contribution in [0.25, 0.3) is 5.82 Å². The molecule has 9 heteroatoms. The molecule has 0 saturated heterocycles. The van der Waals surface area contributed by atoms with Gasteiger partial charge in [0.05, 0.1) is 5.56 Å². The minimum absolute atomic E-state index is 0. The lowest BCUT2D eigenvalue weighted by Crippen LogP contribution is -2.36. The Balaban J connectivity index is 0.00000169. The van der Waals surface area contributed by atoms with Gasteiger partial charge in [0.25, 0.3) is 5.91 Å². The summed E-state index contributed by atoms with van der Waals surface area (Å²) < 4.78 is 1.55. The number of hydrogen-bond acceptors (Lipinski definition) is 5. The topological polar surface area (TPSA) is 84.7 Å². The van der Waals surface area contributed by atoms with Gasteiger partial charge in [-0.3, -0.25) is 4.79 Å². The van der Waals surface area contributed by atoms with Crippen LogP contribution in [-0.4, -0.2) is 44.8 Å². The molecule has 2 heterocycles.